The van der Waals surface area contributed by atoms with Crippen molar-refractivity contribution < 1.29 is 14.6 Å². The summed E-state index contributed by atoms with van der Waals surface area (Å²) in [6, 6.07) is 7.53. The second-order valence-electron chi connectivity index (χ2n) is 5.44. The molecule has 0 saturated carbocycles. The van der Waals surface area contributed by atoms with Crippen LogP contribution in [-0.4, -0.2) is 32.0 Å². The van der Waals surface area contributed by atoms with E-state index >= 15 is 0 Å². The number of ether oxygens (including phenoxy) is 2. The quantitative estimate of drug-likeness (QED) is 0.869. The molecule has 1 aliphatic rings. The third-order valence-corrected chi connectivity index (χ3v) is 4.38. The minimum absolute atomic E-state index is 0.400. The Morgan fingerprint density at radius 3 is 2.89 bits per heavy atom. The first-order chi connectivity index (χ1) is 9.05. The van der Waals surface area contributed by atoms with E-state index in [-0.39, 0.29) is 0 Å². The van der Waals surface area contributed by atoms with Gasteiger partial charge < -0.3 is 20.3 Å². The predicted molar refractivity (Wildman–Crippen MR) is 74.1 cm³/mol. The van der Waals surface area contributed by atoms with E-state index in [0.717, 1.165) is 30.8 Å². The zero-order valence-corrected chi connectivity index (χ0v) is 11.7. The van der Waals surface area contributed by atoms with Gasteiger partial charge in [0.05, 0.1) is 19.3 Å². The molecule has 0 aliphatic carbocycles. The number of nitrogens with two attached hydrogens (primary N) is 1. The van der Waals surface area contributed by atoms with Crippen LogP contribution >= 0.6 is 0 Å². The van der Waals surface area contributed by atoms with Crippen molar-refractivity contribution in [3.63, 3.8) is 0 Å². The highest BCUT2D eigenvalue weighted by Crippen LogP contribution is 2.45. The molecule has 0 bridgehead atoms. The molecule has 1 aromatic carbocycles. The zero-order chi connectivity index (χ0) is 13.9. The molecule has 1 aliphatic heterocycles. The molecule has 3 N–H and O–H groups in total. The molecule has 19 heavy (non-hydrogen) atoms. The van der Waals surface area contributed by atoms with Crippen LogP contribution < -0.4 is 10.5 Å². The van der Waals surface area contributed by atoms with Gasteiger partial charge in [-0.25, -0.2) is 0 Å². The van der Waals surface area contributed by atoms with E-state index < -0.39 is 11.0 Å². The van der Waals surface area contributed by atoms with Gasteiger partial charge in [-0.2, -0.15) is 0 Å². The molecule has 0 aromatic heterocycles. The summed E-state index contributed by atoms with van der Waals surface area (Å²) < 4.78 is 10.8. The first-order valence-corrected chi connectivity index (χ1v) is 6.70. The maximum atomic E-state index is 11.1. The normalized spacial score (nSPS) is 26.7. The maximum absolute atomic E-state index is 11.1. The van der Waals surface area contributed by atoms with Gasteiger partial charge in [0.2, 0.25) is 0 Å². The van der Waals surface area contributed by atoms with Gasteiger partial charge in [0.25, 0.3) is 0 Å². The highest BCUT2D eigenvalue weighted by molar-refractivity contribution is 5.33. The van der Waals surface area contributed by atoms with E-state index in [4.69, 9.17) is 15.2 Å². The standard InChI is InChI=1S/C15H23NO3/c1-14(17,12-5-3-6-13(9-12)18-2)15(10-16)7-4-8-19-11-15/h3,5-6,9,17H,4,7-8,10-11,16H2,1-2H3. The molecule has 2 unspecified atom stereocenters. The van der Waals surface area contributed by atoms with Crippen molar-refractivity contribution in [2.24, 2.45) is 11.1 Å². The smallest absolute Gasteiger partial charge is 0.119 e. The molecular formula is C15H23NO3. The Kier molecular flexibility index (Phi) is 4.13. The van der Waals surface area contributed by atoms with Crippen molar-refractivity contribution in [1.82, 2.24) is 0 Å². The van der Waals surface area contributed by atoms with Gasteiger partial charge in [0.1, 0.15) is 5.75 Å². The van der Waals surface area contributed by atoms with Crippen molar-refractivity contribution in [1.29, 1.82) is 0 Å². The van der Waals surface area contributed by atoms with Crippen molar-refractivity contribution >= 4 is 0 Å². The van der Waals surface area contributed by atoms with Crippen LogP contribution in [0.3, 0.4) is 0 Å². The number of rotatable bonds is 4. The van der Waals surface area contributed by atoms with E-state index in [9.17, 15) is 5.11 Å². The van der Waals surface area contributed by atoms with Gasteiger partial charge in [-0.3, -0.25) is 0 Å². The Morgan fingerprint density at radius 1 is 1.53 bits per heavy atom. The molecule has 0 spiro atoms. The number of hydrogen-bond donors (Lipinski definition) is 2. The average molecular weight is 265 g/mol. The zero-order valence-electron chi connectivity index (χ0n) is 11.7. The van der Waals surface area contributed by atoms with E-state index in [1.54, 1.807) is 7.11 Å². The highest BCUT2D eigenvalue weighted by atomic mass is 16.5. The van der Waals surface area contributed by atoms with Crippen LogP contribution in [0, 0.1) is 5.41 Å². The number of benzene rings is 1. The SMILES string of the molecule is COc1cccc(C(C)(O)C2(CN)CCCOC2)c1. The minimum atomic E-state index is -1.03. The molecule has 1 aromatic rings. The second-order valence-corrected chi connectivity index (χ2v) is 5.44. The van der Waals surface area contributed by atoms with E-state index in [0.29, 0.717) is 13.2 Å². The van der Waals surface area contributed by atoms with Crippen LogP contribution in [0.5, 0.6) is 5.75 Å². The monoisotopic (exact) mass is 265 g/mol. The largest absolute Gasteiger partial charge is 0.497 e. The van der Waals surface area contributed by atoms with Gasteiger partial charge in [-0.15, -0.1) is 0 Å². The molecule has 2 rings (SSSR count). The maximum Gasteiger partial charge on any atom is 0.119 e. The molecular weight excluding hydrogens is 242 g/mol. The second kappa shape index (κ2) is 5.49. The lowest BCUT2D eigenvalue weighted by Crippen LogP contribution is -2.53. The molecule has 1 heterocycles. The van der Waals surface area contributed by atoms with Crippen LogP contribution in [0.1, 0.15) is 25.3 Å². The summed E-state index contributed by atoms with van der Waals surface area (Å²) in [7, 11) is 1.62. The van der Waals surface area contributed by atoms with Crippen molar-refractivity contribution in [3.05, 3.63) is 29.8 Å². The lowest BCUT2D eigenvalue weighted by molar-refractivity contribution is -0.139. The summed E-state index contributed by atoms with van der Waals surface area (Å²) in [6.07, 6.45) is 1.80. The first-order valence-electron chi connectivity index (χ1n) is 6.70. The minimum Gasteiger partial charge on any atom is -0.497 e. The van der Waals surface area contributed by atoms with Crippen LogP contribution in [0.2, 0.25) is 0 Å². The Morgan fingerprint density at radius 2 is 2.32 bits per heavy atom. The summed E-state index contributed by atoms with van der Waals surface area (Å²) in [6.45, 7) is 3.46. The molecule has 1 saturated heterocycles. The van der Waals surface area contributed by atoms with Crippen molar-refractivity contribution in [2.45, 2.75) is 25.4 Å². The summed E-state index contributed by atoms with van der Waals surface area (Å²) in [5, 5.41) is 11.1. The molecule has 2 atom stereocenters. The Bertz CT molecular complexity index is 425. The van der Waals surface area contributed by atoms with Crippen LogP contribution in [-0.2, 0) is 10.3 Å². The Balaban J connectivity index is 2.38. The molecule has 4 nitrogen and oxygen atoms in total. The summed E-state index contributed by atoms with van der Waals surface area (Å²) in [5.74, 6) is 0.738. The molecule has 106 valence electrons. The first kappa shape index (κ1) is 14.3. The molecule has 1 fully saturated rings. The summed E-state index contributed by atoms with van der Waals surface area (Å²) in [5.41, 5.74) is 5.32. The van der Waals surface area contributed by atoms with Crippen LogP contribution in [0.15, 0.2) is 24.3 Å². The van der Waals surface area contributed by atoms with E-state index in [2.05, 4.69) is 0 Å². The topological polar surface area (TPSA) is 64.7 Å². The lowest BCUT2D eigenvalue weighted by atomic mass is 9.66. The molecule has 4 heteroatoms. The number of methoxy groups -OCH3 is 1. The van der Waals surface area contributed by atoms with E-state index in [1.807, 2.05) is 31.2 Å². The fourth-order valence-electron chi connectivity index (χ4n) is 2.83. The molecule has 0 amide bonds. The number of hydrogen-bond acceptors (Lipinski definition) is 4. The molecule has 0 radical (unpaired) electrons. The fraction of sp³-hybridized carbons (Fsp3) is 0.600. The van der Waals surface area contributed by atoms with Gasteiger partial charge in [0, 0.05) is 18.6 Å². The highest BCUT2D eigenvalue weighted by Gasteiger charge is 2.48. The fourth-order valence-corrected chi connectivity index (χ4v) is 2.83. The van der Waals surface area contributed by atoms with Gasteiger partial charge >= 0.3 is 0 Å². The summed E-state index contributed by atoms with van der Waals surface area (Å²) >= 11 is 0. The van der Waals surface area contributed by atoms with Gasteiger partial charge in [-0.05, 0) is 37.5 Å². The van der Waals surface area contributed by atoms with Crippen LogP contribution in [0.4, 0.5) is 0 Å². The van der Waals surface area contributed by atoms with Gasteiger partial charge in [-0.1, -0.05) is 12.1 Å². The van der Waals surface area contributed by atoms with Crippen molar-refractivity contribution in [2.75, 3.05) is 26.9 Å². The Hall–Kier alpha value is -1.10. The van der Waals surface area contributed by atoms with E-state index in [1.165, 1.54) is 0 Å². The van der Waals surface area contributed by atoms with Crippen LogP contribution in [0.25, 0.3) is 0 Å². The average Bonchev–Trinajstić information content (AvgIpc) is 2.47. The predicted octanol–water partition coefficient (Wildman–Crippen LogP) is 1.66. The summed E-state index contributed by atoms with van der Waals surface area (Å²) in [4.78, 5) is 0. The Labute approximate surface area is 114 Å². The third kappa shape index (κ3) is 2.48. The third-order valence-electron chi connectivity index (χ3n) is 4.38. The lowest BCUT2D eigenvalue weighted by Gasteiger charge is -2.47. The number of aliphatic hydroxyl groups is 1. The van der Waals surface area contributed by atoms with Crippen molar-refractivity contribution in [3.8, 4) is 5.75 Å². The van der Waals surface area contributed by atoms with Gasteiger partial charge in [0.15, 0.2) is 0 Å².